The Balaban J connectivity index is 2.03. The minimum absolute atomic E-state index is 1.05. The minimum atomic E-state index is 1.05. The normalized spacial score (nSPS) is 12.6. The first-order valence-electron chi connectivity index (χ1n) is 7.67. The van der Waals surface area contributed by atoms with Crippen LogP contribution in [0.2, 0.25) is 0 Å². The van der Waals surface area contributed by atoms with Crippen LogP contribution in [-0.2, 0) is 0 Å². The molecular weight excluding hydrogens is 368 g/mol. The monoisotopic (exact) mass is 378 g/mol. The predicted molar refractivity (Wildman–Crippen MR) is 114 cm³/mol. The van der Waals surface area contributed by atoms with Crippen LogP contribution in [0.5, 0.6) is 0 Å². The van der Waals surface area contributed by atoms with Crippen molar-refractivity contribution < 1.29 is 0 Å². The van der Waals surface area contributed by atoms with Crippen molar-refractivity contribution in [1.82, 2.24) is 0 Å². The van der Waals surface area contributed by atoms with E-state index in [2.05, 4.69) is 48.5 Å². The lowest BCUT2D eigenvalue weighted by molar-refractivity contribution is 1.74. The molecule has 0 bridgehead atoms. The average Bonchev–Trinajstić information content (AvgIpc) is 3.17. The number of benzene rings is 2. The van der Waals surface area contributed by atoms with E-state index in [4.69, 9.17) is 25.3 Å². The molecule has 2 heterocycles. The highest BCUT2D eigenvalue weighted by molar-refractivity contribution is 7.85. The maximum atomic E-state index is 4.86. The fourth-order valence-corrected chi connectivity index (χ4v) is 7.43. The molecule has 0 N–H and O–H groups in total. The summed E-state index contributed by atoms with van der Waals surface area (Å²) in [6.45, 7) is 0. The van der Waals surface area contributed by atoms with Gasteiger partial charge in [0, 0.05) is 42.4 Å². The Hall–Kier alpha value is -1.46. The molecule has 0 spiro atoms. The van der Waals surface area contributed by atoms with Crippen LogP contribution in [-0.4, -0.2) is 0 Å². The lowest BCUT2D eigenvalue weighted by Crippen LogP contribution is -1.74. The van der Waals surface area contributed by atoms with E-state index in [1.54, 1.807) is 11.3 Å². The van der Waals surface area contributed by atoms with Gasteiger partial charge in [-0.05, 0) is 10.8 Å². The van der Waals surface area contributed by atoms with Crippen molar-refractivity contribution in [3.8, 4) is 22.3 Å². The molecule has 1 aliphatic heterocycles. The first-order valence-corrected chi connectivity index (χ1v) is 10.2. The Morgan fingerprint density at radius 2 is 0.917 bits per heavy atom. The van der Waals surface area contributed by atoms with Crippen molar-refractivity contribution in [3.05, 3.63) is 48.5 Å². The molecule has 6 rings (SSSR count). The molecule has 24 heavy (non-hydrogen) atoms. The summed E-state index contributed by atoms with van der Waals surface area (Å²) in [6, 6.07) is 17.4. The van der Waals surface area contributed by atoms with Gasteiger partial charge in [-0.2, -0.15) is 0 Å². The van der Waals surface area contributed by atoms with Gasteiger partial charge < -0.3 is 0 Å². The largest absolute Gasteiger partial charge is 0.134 e. The Morgan fingerprint density at radius 1 is 0.500 bits per heavy atom. The standard InChI is InChI=1S/C20H10S4/c21-19-13-9-5-1-3-7-11(9)17-15(13)16-14(20(22)24-19)10-6-2-4-8-12(10)18(16)23-17/h1-8,21-22H. The number of hydrogen-bond donors (Lipinski definition) is 2. The second-order valence-corrected chi connectivity index (χ2v) is 9.60. The van der Waals surface area contributed by atoms with Gasteiger partial charge in [0.25, 0.3) is 0 Å². The van der Waals surface area contributed by atoms with Crippen molar-refractivity contribution in [2.24, 2.45) is 0 Å². The molecule has 2 aliphatic carbocycles. The smallest absolute Gasteiger partial charge is 0.0665 e. The first kappa shape index (κ1) is 13.8. The predicted octanol–water partition coefficient (Wildman–Crippen LogP) is 7.49. The molecule has 0 unspecified atom stereocenters. The Kier molecular flexibility index (Phi) is 2.63. The van der Waals surface area contributed by atoms with Crippen molar-refractivity contribution in [2.75, 3.05) is 0 Å². The van der Waals surface area contributed by atoms with Gasteiger partial charge in [0.15, 0.2) is 0 Å². The van der Waals surface area contributed by atoms with Gasteiger partial charge >= 0.3 is 0 Å². The maximum absolute atomic E-state index is 4.86. The van der Waals surface area contributed by atoms with Crippen LogP contribution in [0.4, 0.5) is 0 Å². The van der Waals surface area contributed by atoms with Crippen molar-refractivity contribution in [1.29, 1.82) is 0 Å². The van der Waals surface area contributed by atoms with E-state index < -0.39 is 0 Å². The molecule has 3 aliphatic rings. The van der Waals surface area contributed by atoms with Crippen LogP contribution in [0.3, 0.4) is 0 Å². The molecule has 2 aromatic carbocycles. The van der Waals surface area contributed by atoms with Gasteiger partial charge in [0.2, 0.25) is 0 Å². The van der Waals surface area contributed by atoms with Crippen LogP contribution in [0, 0.1) is 0 Å². The molecule has 0 nitrogen and oxygen atoms in total. The Labute approximate surface area is 157 Å². The van der Waals surface area contributed by atoms with Gasteiger partial charge in [-0.15, -0.1) is 47.9 Å². The van der Waals surface area contributed by atoms with Crippen molar-refractivity contribution in [2.45, 2.75) is 8.42 Å². The van der Waals surface area contributed by atoms with Gasteiger partial charge in [-0.25, -0.2) is 0 Å². The van der Waals surface area contributed by atoms with E-state index in [-0.39, 0.29) is 0 Å². The number of hydrogen-bond acceptors (Lipinski definition) is 4. The molecule has 0 fully saturated rings. The number of fused-ring (bicyclic) bond motifs is 6. The molecule has 3 aromatic rings. The molecule has 0 saturated carbocycles. The third-order valence-corrected chi connectivity index (χ3v) is 7.96. The summed E-state index contributed by atoms with van der Waals surface area (Å²) in [4.78, 5) is 0. The first-order chi connectivity index (χ1) is 11.8. The summed E-state index contributed by atoms with van der Waals surface area (Å²) >= 11 is 13.3. The van der Waals surface area contributed by atoms with Crippen LogP contribution in [0.15, 0.2) is 56.9 Å². The highest BCUT2D eigenvalue weighted by Gasteiger charge is 2.31. The van der Waals surface area contributed by atoms with Gasteiger partial charge in [-0.1, -0.05) is 48.5 Å². The number of thiol groups is 2. The number of thiophene rings is 1. The Bertz CT molecular complexity index is 1220. The number of rotatable bonds is 0. The van der Waals surface area contributed by atoms with Gasteiger partial charge in [0.1, 0.15) is 0 Å². The van der Waals surface area contributed by atoms with Crippen LogP contribution >= 0.6 is 47.9 Å². The molecule has 114 valence electrons. The van der Waals surface area contributed by atoms with Crippen LogP contribution < -0.4 is 0 Å². The SMILES string of the molecule is Sc1sc(S)c2c3ccccc3c3sc4c(c3-2)-c1c1ccccc14. The quantitative estimate of drug-likeness (QED) is 0.251. The van der Waals surface area contributed by atoms with Gasteiger partial charge in [0.05, 0.1) is 8.42 Å². The van der Waals surface area contributed by atoms with E-state index in [0.29, 0.717) is 0 Å². The fraction of sp³-hybridized carbons (Fsp3) is 0. The minimum Gasteiger partial charge on any atom is -0.134 e. The highest BCUT2D eigenvalue weighted by Crippen LogP contribution is 2.60. The van der Waals surface area contributed by atoms with Gasteiger partial charge in [-0.3, -0.25) is 0 Å². The summed E-state index contributed by atoms with van der Waals surface area (Å²) in [6.07, 6.45) is 0. The molecule has 0 amide bonds. The highest BCUT2D eigenvalue weighted by atomic mass is 32.2. The average molecular weight is 379 g/mol. The lowest BCUT2D eigenvalue weighted by atomic mass is 10.0. The second-order valence-electron chi connectivity index (χ2n) is 6.06. The fourth-order valence-electron chi connectivity index (χ4n) is 3.99. The summed E-state index contributed by atoms with van der Waals surface area (Å²) in [5.41, 5.74) is 5.29. The van der Waals surface area contributed by atoms with E-state index in [9.17, 15) is 0 Å². The van der Waals surface area contributed by atoms with E-state index in [0.717, 1.165) is 8.42 Å². The third kappa shape index (κ3) is 1.49. The topological polar surface area (TPSA) is 0 Å². The zero-order chi connectivity index (χ0) is 16.0. The van der Waals surface area contributed by atoms with E-state index >= 15 is 0 Å². The van der Waals surface area contributed by atoms with E-state index in [1.807, 2.05) is 11.3 Å². The molecule has 0 radical (unpaired) electrons. The summed E-state index contributed by atoms with van der Waals surface area (Å²) in [5.74, 6) is 0. The molecule has 1 aromatic heterocycles. The second kappa shape index (κ2) is 4.58. The zero-order valence-electron chi connectivity index (χ0n) is 12.3. The summed E-state index contributed by atoms with van der Waals surface area (Å²) < 4.78 is 4.86. The molecule has 4 heteroatoms. The molecule has 0 atom stereocenters. The summed E-state index contributed by atoms with van der Waals surface area (Å²) in [5, 5.41) is 5.29. The third-order valence-electron chi connectivity index (χ3n) is 4.91. The Morgan fingerprint density at radius 3 is 1.38 bits per heavy atom. The molecular formula is C20H10S4. The van der Waals surface area contributed by atoms with Crippen molar-refractivity contribution in [3.63, 3.8) is 0 Å². The van der Waals surface area contributed by atoms with Crippen LogP contribution in [0.1, 0.15) is 0 Å². The maximum Gasteiger partial charge on any atom is 0.0665 e. The molecule has 0 saturated heterocycles. The summed E-state index contributed by atoms with van der Waals surface area (Å²) in [7, 11) is 0. The van der Waals surface area contributed by atoms with E-state index in [1.165, 1.54) is 53.2 Å². The van der Waals surface area contributed by atoms with Crippen LogP contribution in [0.25, 0.3) is 53.2 Å². The van der Waals surface area contributed by atoms with Crippen molar-refractivity contribution >= 4 is 78.9 Å². The lowest BCUT2D eigenvalue weighted by Gasteiger charge is -2.00. The zero-order valence-corrected chi connectivity index (χ0v) is 15.8.